The van der Waals surface area contributed by atoms with Crippen molar-refractivity contribution in [2.24, 2.45) is 0 Å². The summed E-state index contributed by atoms with van der Waals surface area (Å²) >= 11 is 0. The Balaban J connectivity index is -0.000000144. The van der Waals surface area contributed by atoms with Crippen LogP contribution in [-0.2, 0) is 9.59 Å². The summed E-state index contributed by atoms with van der Waals surface area (Å²) in [5.41, 5.74) is 0. The normalized spacial score (nSPS) is 10.5. The first kappa shape index (κ1) is 26.2. The molecule has 0 aromatic carbocycles. The Morgan fingerprint density at radius 2 is 1.14 bits per heavy atom. The molecule has 2 N–H and O–H groups in total. The molecule has 0 aliphatic heterocycles. The first-order valence-electron chi connectivity index (χ1n) is 7.36. The summed E-state index contributed by atoms with van der Waals surface area (Å²) in [5, 5.41) is 15.6. The number of carboxylic acid groups (broad SMARTS) is 2. The molecule has 0 heterocycles. The molecule has 0 fully saturated rings. The van der Waals surface area contributed by atoms with Crippen LogP contribution in [0.1, 0.15) is 48.4 Å². The Morgan fingerprint density at radius 1 is 0.857 bits per heavy atom. The van der Waals surface area contributed by atoms with Gasteiger partial charge in [0.2, 0.25) is 0 Å². The summed E-state index contributed by atoms with van der Waals surface area (Å²) in [6.07, 6.45) is 5.10. The van der Waals surface area contributed by atoms with E-state index in [1.165, 1.54) is 49.9 Å². The molecular formula is C15H31KNO4+. The van der Waals surface area contributed by atoms with Crippen molar-refractivity contribution in [1.29, 1.82) is 0 Å². The number of quaternary nitrogens is 1. The Hall–Kier alpha value is 0.276. The third-order valence-corrected chi connectivity index (χ3v) is 3.13. The molecule has 0 amide bonds. The zero-order chi connectivity index (χ0) is 16.0. The van der Waals surface area contributed by atoms with E-state index in [4.69, 9.17) is 10.2 Å². The minimum atomic E-state index is -1.26. The third kappa shape index (κ3) is 16.5. The van der Waals surface area contributed by atoms with E-state index >= 15 is 0 Å². The molecule has 0 saturated heterocycles. The minimum absolute atomic E-state index is 0. The quantitative estimate of drug-likeness (QED) is 0.352. The van der Waals surface area contributed by atoms with Crippen molar-refractivity contribution in [1.82, 2.24) is 0 Å². The number of hydrogen-bond acceptors (Lipinski definition) is 2. The molecule has 0 unspecified atom stereocenters. The van der Waals surface area contributed by atoms with E-state index in [2.05, 4.69) is 27.7 Å². The average Bonchev–Trinajstić information content (AvgIpc) is 2.38. The fourth-order valence-electron chi connectivity index (χ4n) is 2.38. The Morgan fingerprint density at radius 3 is 1.29 bits per heavy atom. The Labute approximate surface area is 172 Å². The molecule has 0 atom stereocenters. The van der Waals surface area contributed by atoms with Gasteiger partial charge in [0.25, 0.3) is 0 Å². The van der Waals surface area contributed by atoms with Crippen molar-refractivity contribution in [3.05, 3.63) is 12.2 Å². The molecular weight excluding hydrogens is 297 g/mol. The van der Waals surface area contributed by atoms with Crippen LogP contribution in [0, 0.1) is 0 Å². The van der Waals surface area contributed by atoms with Crippen molar-refractivity contribution in [3.63, 3.8) is 0 Å². The Bertz CT molecular complexity index is 279. The van der Waals surface area contributed by atoms with E-state index in [0.717, 1.165) is 0 Å². The van der Waals surface area contributed by atoms with Crippen molar-refractivity contribution in [2.45, 2.75) is 47.0 Å². The number of aliphatic carboxylic acids is 2. The summed E-state index contributed by atoms with van der Waals surface area (Å²) < 4.78 is 1.35. The topological polar surface area (TPSA) is 74.6 Å². The molecule has 6 heteroatoms. The van der Waals surface area contributed by atoms with Gasteiger partial charge < -0.3 is 16.1 Å². The second-order valence-corrected chi connectivity index (χ2v) is 4.84. The molecule has 0 saturated carbocycles. The molecule has 5 nitrogen and oxygen atoms in total. The molecule has 0 aliphatic rings. The second kappa shape index (κ2) is 16.6. The number of hydrogen-bond donors (Lipinski definition) is 2. The summed E-state index contributed by atoms with van der Waals surface area (Å²) in [5.74, 6) is -2.51. The van der Waals surface area contributed by atoms with Gasteiger partial charge in [-0.3, -0.25) is 0 Å². The Kier molecular flexibility index (Phi) is 20.8. The van der Waals surface area contributed by atoms with Gasteiger partial charge in [-0.2, -0.15) is 0 Å². The zero-order valence-corrected chi connectivity index (χ0v) is 17.4. The van der Waals surface area contributed by atoms with Crippen molar-refractivity contribution in [2.75, 3.05) is 26.2 Å². The van der Waals surface area contributed by atoms with Gasteiger partial charge >= 0.3 is 63.3 Å². The van der Waals surface area contributed by atoms with E-state index < -0.39 is 11.9 Å². The van der Waals surface area contributed by atoms with E-state index in [9.17, 15) is 9.59 Å². The van der Waals surface area contributed by atoms with Crippen LogP contribution in [0.25, 0.3) is 0 Å². The van der Waals surface area contributed by atoms with Crippen LogP contribution in [0.4, 0.5) is 0 Å². The first-order valence-corrected chi connectivity index (χ1v) is 7.36. The molecule has 0 aromatic heterocycles. The zero-order valence-electron chi connectivity index (χ0n) is 15.3. The maximum Gasteiger partial charge on any atom is 1.00 e. The van der Waals surface area contributed by atoms with Gasteiger partial charge in [0.05, 0.1) is 26.2 Å². The van der Waals surface area contributed by atoms with Gasteiger partial charge in [-0.25, -0.2) is 9.59 Å². The predicted molar refractivity (Wildman–Crippen MR) is 81.8 cm³/mol. The summed E-state index contributed by atoms with van der Waals surface area (Å²) in [7, 11) is 0. The number of carbonyl (C=O) groups is 2. The van der Waals surface area contributed by atoms with Gasteiger partial charge in [0, 0.05) is 12.2 Å². The molecule has 0 spiro atoms. The minimum Gasteiger partial charge on any atom is -1.00 e. The SMILES string of the molecule is CCC[N+](CC)(CCC)CCC.O=C(O)/C=C/C(=O)O.[H-].[K+]. The fourth-order valence-corrected chi connectivity index (χ4v) is 2.38. The van der Waals surface area contributed by atoms with Crippen LogP contribution < -0.4 is 51.4 Å². The molecule has 0 radical (unpaired) electrons. The number of nitrogens with zero attached hydrogens (tertiary/aromatic N) is 1. The fraction of sp³-hybridized carbons (Fsp3) is 0.733. The van der Waals surface area contributed by atoms with Crippen molar-refractivity contribution in [3.8, 4) is 0 Å². The van der Waals surface area contributed by atoms with Gasteiger partial charge in [-0.15, -0.1) is 0 Å². The van der Waals surface area contributed by atoms with Crippen molar-refractivity contribution < 1.29 is 77.1 Å². The average molecular weight is 329 g/mol. The van der Waals surface area contributed by atoms with Gasteiger partial charge in [0.1, 0.15) is 0 Å². The maximum atomic E-state index is 9.55. The van der Waals surface area contributed by atoms with Crippen LogP contribution in [0.2, 0.25) is 0 Å². The first-order chi connectivity index (χ1) is 9.37. The van der Waals surface area contributed by atoms with Crippen LogP contribution >= 0.6 is 0 Å². The summed E-state index contributed by atoms with van der Waals surface area (Å²) in [6, 6.07) is 0. The van der Waals surface area contributed by atoms with E-state index in [1.807, 2.05) is 0 Å². The standard InChI is InChI=1S/C11H26N.C4H4O4.K.H/c1-5-9-12(8-4,10-6-2)11-7-3;5-3(6)1-2-4(7)8;;/h5-11H2,1-4H3;1-2H,(H,5,6)(H,7,8);;/q+1;;+1;-1/b;2-1+;;. The molecule has 0 aliphatic carbocycles. The summed E-state index contributed by atoms with van der Waals surface area (Å²) in [6.45, 7) is 14.7. The second-order valence-electron chi connectivity index (χ2n) is 4.84. The molecule has 0 rings (SSSR count). The van der Waals surface area contributed by atoms with Crippen LogP contribution in [0.3, 0.4) is 0 Å². The van der Waals surface area contributed by atoms with E-state index in [0.29, 0.717) is 12.2 Å². The van der Waals surface area contributed by atoms with Gasteiger partial charge in [-0.05, 0) is 26.2 Å². The van der Waals surface area contributed by atoms with Gasteiger partial charge in [0.15, 0.2) is 0 Å². The van der Waals surface area contributed by atoms with Crippen LogP contribution in [0.5, 0.6) is 0 Å². The number of rotatable bonds is 9. The van der Waals surface area contributed by atoms with E-state index in [1.54, 1.807) is 0 Å². The van der Waals surface area contributed by atoms with Crippen LogP contribution in [0.15, 0.2) is 12.2 Å². The molecule has 120 valence electrons. The number of carboxylic acids is 2. The monoisotopic (exact) mass is 328 g/mol. The van der Waals surface area contributed by atoms with Gasteiger partial charge in [-0.1, -0.05) is 20.8 Å². The van der Waals surface area contributed by atoms with E-state index in [-0.39, 0.29) is 52.8 Å². The third-order valence-electron chi connectivity index (χ3n) is 3.13. The molecule has 0 aromatic rings. The summed E-state index contributed by atoms with van der Waals surface area (Å²) in [4.78, 5) is 19.1. The maximum absolute atomic E-state index is 9.55. The molecule has 21 heavy (non-hydrogen) atoms. The predicted octanol–water partition coefficient (Wildman–Crippen LogP) is -0.119. The van der Waals surface area contributed by atoms with Crippen LogP contribution in [-0.4, -0.2) is 52.8 Å². The molecule has 0 bridgehead atoms. The van der Waals surface area contributed by atoms with Crippen molar-refractivity contribution >= 4 is 11.9 Å². The smallest absolute Gasteiger partial charge is 1.00 e. The largest absolute Gasteiger partial charge is 1.00 e.